The van der Waals surface area contributed by atoms with Crippen LogP contribution in [0.2, 0.25) is 0 Å². The molecule has 11 aromatic carbocycles. The highest BCUT2D eigenvalue weighted by Gasteiger charge is 2.43. The molecule has 0 saturated carbocycles. The van der Waals surface area contributed by atoms with E-state index in [1.807, 2.05) is 0 Å². The van der Waals surface area contributed by atoms with Crippen molar-refractivity contribution in [2.45, 2.75) is 132 Å². The summed E-state index contributed by atoms with van der Waals surface area (Å²) in [6.07, 6.45) is 0. The van der Waals surface area contributed by atoms with Gasteiger partial charge in [0.15, 0.2) is 0 Å². The number of hydrogen-bond acceptors (Lipinski definition) is 1. The third kappa shape index (κ3) is 8.17. The van der Waals surface area contributed by atoms with Crippen molar-refractivity contribution in [3.8, 4) is 22.7 Å². The third-order valence-corrected chi connectivity index (χ3v) is 20.9. The van der Waals surface area contributed by atoms with Crippen LogP contribution in [0.5, 0.6) is 0 Å². The smallest absolute Gasteiger partial charge is 0.252 e. The zero-order valence-electron chi connectivity index (χ0n) is 56.3. The zero-order chi connectivity index (χ0) is 63.7. The Morgan fingerprint density at radius 3 is 1.00 bits per heavy atom. The first-order chi connectivity index (χ1) is 43.8. The van der Waals surface area contributed by atoms with Crippen LogP contribution in [0.4, 0.5) is 17.1 Å². The Kier molecular flexibility index (Phi) is 11.7. The van der Waals surface area contributed by atoms with Gasteiger partial charge in [0.2, 0.25) is 0 Å². The van der Waals surface area contributed by atoms with Gasteiger partial charge in [-0.1, -0.05) is 154 Å². The minimum absolute atomic E-state index is 0.00138. The molecule has 0 saturated heterocycles. The number of rotatable bonds is 5. The van der Waals surface area contributed by atoms with E-state index in [1.54, 1.807) is 0 Å². The molecule has 0 atom stereocenters. The van der Waals surface area contributed by atoms with Crippen LogP contribution in [0.3, 0.4) is 0 Å². The maximum absolute atomic E-state index is 2.67. The van der Waals surface area contributed by atoms with E-state index in [9.17, 15) is 0 Å². The van der Waals surface area contributed by atoms with Gasteiger partial charge < -0.3 is 23.2 Å². The highest BCUT2D eigenvalue weighted by molar-refractivity contribution is 7.00. The van der Waals surface area contributed by atoms with Gasteiger partial charge in [0.25, 0.3) is 6.71 Å². The number of aromatic nitrogens is 4. The van der Waals surface area contributed by atoms with E-state index in [0.29, 0.717) is 0 Å². The van der Waals surface area contributed by atoms with Crippen molar-refractivity contribution in [3.05, 3.63) is 239 Å². The summed E-state index contributed by atoms with van der Waals surface area (Å²) in [5, 5.41) is 10.4. The van der Waals surface area contributed by atoms with Gasteiger partial charge >= 0.3 is 0 Å². The summed E-state index contributed by atoms with van der Waals surface area (Å²) in [6.45, 7) is 36.9. The van der Waals surface area contributed by atoms with Gasteiger partial charge in [-0.15, -0.1) is 0 Å². The van der Waals surface area contributed by atoms with E-state index in [-0.39, 0.29) is 28.4 Å². The number of hydrogen-bond donors (Lipinski definition) is 0. The molecule has 2 aliphatic heterocycles. The fraction of sp³-hybridized carbons (Fsp3) is 0.233. The van der Waals surface area contributed by atoms with Gasteiger partial charge in [0, 0.05) is 82.6 Å². The Morgan fingerprint density at radius 1 is 0.293 bits per heavy atom. The molecule has 0 radical (unpaired) electrons. The first-order valence-electron chi connectivity index (χ1n) is 33.3. The molecule has 2 aliphatic rings. The molecule has 92 heavy (non-hydrogen) atoms. The first kappa shape index (κ1) is 56.5. The minimum Gasteiger partial charge on any atom is -0.310 e. The lowest BCUT2D eigenvalue weighted by molar-refractivity contribution is 0.590. The van der Waals surface area contributed by atoms with Gasteiger partial charge in [0.1, 0.15) is 0 Å². The largest absolute Gasteiger partial charge is 0.310 e. The Balaban J connectivity index is 0.942. The van der Waals surface area contributed by atoms with Crippen LogP contribution < -0.4 is 21.3 Å². The molecule has 0 unspecified atom stereocenters. The molecule has 0 amide bonds. The Morgan fingerprint density at radius 2 is 0.620 bits per heavy atom. The summed E-state index contributed by atoms with van der Waals surface area (Å²) >= 11 is 0. The molecule has 452 valence electrons. The molecular weight excluding hydrogens is 1110 g/mol. The van der Waals surface area contributed by atoms with Crippen LogP contribution >= 0.6 is 0 Å². The first-order valence-corrected chi connectivity index (χ1v) is 33.3. The van der Waals surface area contributed by atoms with Crippen molar-refractivity contribution in [2.75, 3.05) is 4.90 Å². The van der Waals surface area contributed by atoms with E-state index in [0.717, 1.165) is 28.4 Å². The monoisotopic (exact) mass is 1190 g/mol. The normalized spacial score (nSPS) is 13.4. The van der Waals surface area contributed by atoms with Gasteiger partial charge in [-0.05, 0) is 234 Å². The molecule has 5 nitrogen and oxygen atoms in total. The van der Waals surface area contributed by atoms with Gasteiger partial charge in [-0.3, -0.25) is 0 Å². The van der Waals surface area contributed by atoms with E-state index in [1.165, 1.54) is 159 Å². The Bertz CT molecular complexity index is 5370. The maximum atomic E-state index is 2.67. The van der Waals surface area contributed by atoms with E-state index < -0.39 is 0 Å². The maximum Gasteiger partial charge on any atom is 0.252 e. The molecule has 6 heterocycles. The topological polar surface area (TPSA) is 23.0 Å². The molecular formula is C86H80BN5. The molecule has 0 bridgehead atoms. The summed E-state index contributed by atoms with van der Waals surface area (Å²) in [5.41, 5.74) is 32.4. The SMILES string of the molecule is Cc1ccc2c(c1)c1cc(C)cc3c1n2-c1ccc(N(c2ccc(-n4c5ccc(C(C)(C)C)cc5c5cc(C(C)(C)C)ccc54)cc2)c2ccc(-n4c5ccc(C(C)(C)C)cc5c5cc(C(C)(C)C)ccc54)cc2)c2c1B3c1cc(C)cc3c4cc(C)ccc4n-2c13. The van der Waals surface area contributed by atoms with Crippen LogP contribution in [-0.2, 0) is 21.7 Å². The summed E-state index contributed by atoms with van der Waals surface area (Å²) in [5.74, 6) is 0. The number of fused-ring (bicyclic) bond motifs is 16. The number of anilines is 3. The molecule has 0 fully saturated rings. The standard InChI is InChI=1S/C86H80BN5/c1-49-17-31-75-61(39-49)67-41-51(3)43-69-80(67)91(75)77-37-38-78(82-79(77)87(69)70-44-52(4)42-68-62-40-50(2)18-32-76(62)92(82)81(68)70)88(57-23-27-59(28-24-57)89-71-33-19-53(83(5,6)7)45-63(71)64-46-54(84(8,9)10)20-34-72(64)89)58-25-29-60(30-26-58)90-73-35-21-55(85(11,12)13)47-65(73)66-48-56(86(14,15)16)22-36-74(66)90/h17-48H,1-16H3. The molecule has 6 heteroatoms. The highest BCUT2D eigenvalue weighted by Crippen LogP contribution is 2.48. The minimum atomic E-state index is -0.0343. The predicted octanol–water partition coefficient (Wildman–Crippen LogP) is 21.1. The van der Waals surface area contributed by atoms with Crippen LogP contribution in [0, 0.1) is 27.7 Å². The Labute approximate surface area is 541 Å². The van der Waals surface area contributed by atoms with E-state index in [2.05, 4.69) is 328 Å². The van der Waals surface area contributed by atoms with Crippen LogP contribution in [0.1, 0.15) is 128 Å². The zero-order valence-corrected chi connectivity index (χ0v) is 56.3. The second-order valence-electron chi connectivity index (χ2n) is 31.5. The molecule has 4 aromatic heterocycles. The molecule has 0 aliphatic carbocycles. The molecule has 17 rings (SSSR count). The quantitative estimate of drug-likeness (QED) is 0.158. The summed E-state index contributed by atoms with van der Waals surface area (Å²) < 4.78 is 10.3. The highest BCUT2D eigenvalue weighted by atomic mass is 15.2. The second-order valence-corrected chi connectivity index (χ2v) is 31.5. The average molecular weight is 1190 g/mol. The third-order valence-electron chi connectivity index (χ3n) is 20.9. The molecule has 15 aromatic rings. The van der Waals surface area contributed by atoms with Gasteiger partial charge in [-0.2, -0.15) is 0 Å². The predicted molar refractivity (Wildman–Crippen MR) is 397 cm³/mol. The fourth-order valence-corrected chi connectivity index (χ4v) is 16.2. The molecule has 0 spiro atoms. The van der Waals surface area contributed by atoms with Gasteiger partial charge in [0.05, 0.1) is 44.5 Å². The lowest BCUT2D eigenvalue weighted by atomic mass is 9.34. The second kappa shape index (κ2) is 19.0. The van der Waals surface area contributed by atoms with Gasteiger partial charge in [-0.25, -0.2) is 0 Å². The van der Waals surface area contributed by atoms with Crippen LogP contribution in [0.25, 0.3) is 110 Å². The lowest BCUT2D eigenvalue weighted by Crippen LogP contribution is -2.59. The number of aryl methyl sites for hydroxylation is 4. The fourth-order valence-electron chi connectivity index (χ4n) is 16.2. The van der Waals surface area contributed by atoms with Crippen LogP contribution in [-0.4, -0.2) is 25.0 Å². The van der Waals surface area contributed by atoms with Crippen LogP contribution in [0.15, 0.2) is 194 Å². The van der Waals surface area contributed by atoms with Crippen molar-refractivity contribution in [3.63, 3.8) is 0 Å². The van der Waals surface area contributed by atoms with Crippen molar-refractivity contribution >= 4 is 127 Å². The summed E-state index contributed by atoms with van der Waals surface area (Å²) in [6, 6.07) is 76.5. The van der Waals surface area contributed by atoms with Crippen molar-refractivity contribution in [2.24, 2.45) is 0 Å². The Hall–Kier alpha value is -9.52. The molecule has 0 N–H and O–H groups in total. The number of benzene rings is 11. The van der Waals surface area contributed by atoms with Crippen molar-refractivity contribution in [1.82, 2.24) is 18.3 Å². The summed E-state index contributed by atoms with van der Waals surface area (Å²) in [7, 11) is 0. The van der Waals surface area contributed by atoms with E-state index >= 15 is 0 Å². The number of nitrogens with zero attached hydrogens (tertiary/aromatic N) is 5. The van der Waals surface area contributed by atoms with E-state index in [4.69, 9.17) is 0 Å². The average Bonchev–Trinajstić information content (AvgIpc) is 1.42. The summed E-state index contributed by atoms with van der Waals surface area (Å²) in [4.78, 5) is 2.57. The van der Waals surface area contributed by atoms with Crippen molar-refractivity contribution in [1.29, 1.82) is 0 Å². The van der Waals surface area contributed by atoms with Crippen molar-refractivity contribution < 1.29 is 0 Å². The lowest BCUT2D eigenvalue weighted by Gasteiger charge is -2.37.